The van der Waals surface area contributed by atoms with Crippen molar-refractivity contribution < 1.29 is 13.9 Å². The number of methoxy groups -OCH3 is 1. The topological polar surface area (TPSA) is 27.7 Å². The van der Waals surface area contributed by atoms with Crippen molar-refractivity contribution in [3.05, 3.63) is 35.9 Å². The first-order chi connectivity index (χ1) is 11.6. The van der Waals surface area contributed by atoms with Crippen LogP contribution in [0.3, 0.4) is 0 Å². The van der Waals surface area contributed by atoms with Gasteiger partial charge in [-0.2, -0.15) is 0 Å². The van der Waals surface area contributed by atoms with Crippen LogP contribution in [0.15, 0.2) is 30.3 Å². The largest absolute Gasteiger partial charge is 0.391 e. The van der Waals surface area contributed by atoms with Crippen molar-refractivity contribution in [2.24, 2.45) is 0 Å². The molecule has 0 N–H and O–H groups in total. The van der Waals surface area contributed by atoms with Gasteiger partial charge in [0.15, 0.2) is 0 Å². The molecule has 1 aromatic carbocycles. The minimum atomic E-state index is -2.08. The summed E-state index contributed by atoms with van der Waals surface area (Å²) in [5.74, 6) is 0. The second-order valence-corrected chi connectivity index (χ2v) is 14.8. The lowest BCUT2D eigenvalue weighted by Gasteiger charge is -2.51. The van der Waals surface area contributed by atoms with Crippen molar-refractivity contribution in [2.75, 3.05) is 13.7 Å². The van der Waals surface area contributed by atoms with Crippen LogP contribution in [-0.4, -0.2) is 28.3 Å². The van der Waals surface area contributed by atoms with Crippen molar-refractivity contribution in [2.45, 2.75) is 82.9 Å². The molecule has 1 saturated heterocycles. The van der Waals surface area contributed by atoms with Gasteiger partial charge in [0.2, 0.25) is 8.32 Å². The van der Waals surface area contributed by atoms with Gasteiger partial charge in [0.25, 0.3) is 0 Å². The fourth-order valence-corrected chi connectivity index (χ4v) is 12.2. The molecule has 0 radical (unpaired) electrons. The van der Waals surface area contributed by atoms with Crippen LogP contribution in [0.2, 0.25) is 15.6 Å². The van der Waals surface area contributed by atoms with E-state index >= 15 is 0 Å². The summed E-state index contributed by atoms with van der Waals surface area (Å²) in [6, 6.07) is 10.4. The Balaban J connectivity index is 2.07. The van der Waals surface area contributed by atoms with Gasteiger partial charge in [0.1, 0.15) is 6.29 Å². The van der Waals surface area contributed by atoms with Crippen LogP contribution >= 0.6 is 0 Å². The number of hydrogen-bond donors (Lipinski definition) is 0. The summed E-state index contributed by atoms with van der Waals surface area (Å²) >= 11 is 0. The smallest absolute Gasteiger partial charge is 0.210 e. The molecule has 1 fully saturated rings. The predicted octanol–water partition coefficient (Wildman–Crippen LogP) is 5.90. The highest BCUT2D eigenvalue weighted by atomic mass is 28.4. The van der Waals surface area contributed by atoms with E-state index in [2.05, 4.69) is 65.8 Å². The standard InChI is InChI=1S/C21H36O3Si/c1-20(2,3)25(21(4,5)6)18(15-19(22-7)24-25)13-14-23-16-17-11-9-8-10-12-17/h8-12,18-19H,13-16H2,1-7H3. The van der Waals surface area contributed by atoms with E-state index in [1.165, 1.54) is 5.56 Å². The third-order valence-electron chi connectivity index (χ3n) is 5.58. The lowest BCUT2D eigenvalue weighted by molar-refractivity contribution is -0.0500. The zero-order valence-electron chi connectivity index (χ0n) is 17.1. The van der Waals surface area contributed by atoms with Gasteiger partial charge in [-0.05, 0) is 27.6 Å². The van der Waals surface area contributed by atoms with Crippen LogP contribution in [0.25, 0.3) is 0 Å². The first-order valence-electron chi connectivity index (χ1n) is 9.44. The zero-order valence-corrected chi connectivity index (χ0v) is 18.1. The molecule has 2 atom stereocenters. The van der Waals surface area contributed by atoms with Gasteiger partial charge in [-0.15, -0.1) is 0 Å². The molecule has 4 heteroatoms. The average Bonchev–Trinajstić information content (AvgIpc) is 2.92. The Kier molecular flexibility index (Phi) is 6.53. The van der Waals surface area contributed by atoms with E-state index in [9.17, 15) is 0 Å². The van der Waals surface area contributed by atoms with Gasteiger partial charge in [0, 0.05) is 20.1 Å². The summed E-state index contributed by atoms with van der Waals surface area (Å²) in [5, 5.41) is 0.311. The molecule has 1 aromatic rings. The molecule has 0 saturated carbocycles. The maximum absolute atomic E-state index is 6.72. The highest BCUT2D eigenvalue weighted by molar-refractivity contribution is 6.81. The van der Waals surface area contributed by atoms with Crippen LogP contribution in [-0.2, 0) is 20.5 Å². The molecule has 2 rings (SSSR count). The van der Waals surface area contributed by atoms with E-state index in [1.807, 2.05) is 6.07 Å². The maximum Gasteiger partial charge on any atom is 0.210 e. The molecule has 0 amide bonds. The van der Waals surface area contributed by atoms with Crippen molar-refractivity contribution in [1.29, 1.82) is 0 Å². The molecular weight excluding hydrogens is 328 g/mol. The molecular formula is C21H36O3Si. The van der Waals surface area contributed by atoms with Crippen LogP contribution in [0, 0.1) is 0 Å². The van der Waals surface area contributed by atoms with Crippen molar-refractivity contribution in [1.82, 2.24) is 0 Å². The molecule has 0 spiro atoms. The molecule has 2 unspecified atom stereocenters. The van der Waals surface area contributed by atoms with E-state index in [0.717, 1.165) is 19.4 Å². The van der Waals surface area contributed by atoms with Crippen LogP contribution < -0.4 is 0 Å². The Hall–Kier alpha value is -0.683. The molecule has 1 aliphatic heterocycles. The van der Waals surface area contributed by atoms with E-state index < -0.39 is 8.32 Å². The Morgan fingerprint density at radius 3 is 2.16 bits per heavy atom. The van der Waals surface area contributed by atoms with Gasteiger partial charge in [-0.25, -0.2) is 0 Å². The Morgan fingerprint density at radius 1 is 1.04 bits per heavy atom. The molecule has 142 valence electrons. The molecule has 25 heavy (non-hydrogen) atoms. The van der Waals surface area contributed by atoms with Gasteiger partial charge >= 0.3 is 0 Å². The Morgan fingerprint density at radius 2 is 1.64 bits per heavy atom. The van der Waals surface area contributed by atoms with E-state index in [0.29, 0.717) is 12.1 Å². The number of rotatable bonds is 6. The van der Waals surface area contributed by atoms with Gasteiger partial charge in [0.05, 0.1) is 6.61 Å². The van der Waals surface area contributed by atoms with Crippen LogP contribution in [0.4, 0.5) is 0 Å². The van der Waals surface area contributed by atoms with Gasteiger partial charge in [-0.3, -0.25) is 0 Å². The van der Waals surface area contributed by atoms with E-state index in [4.69, 9.17) is 13.9 Å². The highest BCUT2D eigenvalue weighted by Crippen LogP contribution is 2.62. The second kappa shape index (κ2) is 7.91. The Labute approximate surface area is 155 Å². The first kappa shape index (κ1) is 20.6. The molecule has 0 bridgehead atoms. The average molecular weight is 365 g/mol. The SMILES string of the molecule is COC1CC(CCOCc2ccccc2)[Si](C(C)(C)C)(C(C)(C)C)O1. The van der Waals surface area contributed by atoms with Gasteiger partial charge < -0.3 is 13.9 Å². The third-order valence-corrected chi connectivity index (χ3v) is 12.3. The summed E-state index contributed by atoms with van der Waals surface area (Å²) in [5.41, 5.74) is 1.78. The first-order valence-corrected chi connectivity index (χ1v) is 11.4. The summed E-state index contributed by atoms with van der Waals surface area (Å²) < 4.78 is 18.3. The zero-order chi connectivity index (χ0) is 18.7. The quantitative estimate of drug-likeness (QED) is 0.464. The molecule has 3 nitrogen and oxygen atoms in total. The fourth-order valence-electron chi connectivity index (χ4n) is 4.91. The monoisotopic (exact) mass is 364 g/mol. The van der Waals surface area contributed by atoms with E-state index in [1.54, 1.807) is 7.11 Å². The minimum Gasteiger partial charge on any atom is -0.391 e. The van der Waals surface area contributed by atoms with Crippen molar-refractivity contribution >= 4 is 8.32 Å². The molecule has 0 aliphatic carbocycles. The summed E-state index contributed by atoms with van der Waals surface area (Å²) in [6.45, 7) is 15.5. The summed E-state index contributed by atoms with van der Waals surface area (Å²) in [6.07, 6.45) is 1.98. The fraction of sp³-hybridized carbons (Fsp3) is 0.714. The maximum atomic E-state index is 6.72. The van der Waals surface area contributed by atoms with E-state index in [-0.39, 0.29) is 16.4 Å². The molecule has 0 aromatic heterocycles. The normalized spacial score (nSPS) is 23.8. The van der Waals surface area contributed by atoms with Crippen LogP contribution in [0.1, 0.15) is 59.9 Å². The lowest BCUT2D eigenvalue weighted by atomic mass is 10.2. The number of ether oxygens (including phenoxy) is 2. The van der Waals surface area contributed by atoms with Crippen molar-refractivity contribution in [3.8, 4) is 0 Å². The molecule has 1 heterocycles. The Bertz CT molecular complexity index is 516. The molecule has 1 aliphatic rings. The summed E-state index contributed by atoms with van der Waals surface area (Å²) in [4.78, 5) is 0. The summed E-state index contributed by atoms with van der Waals surface area (Å²) in [7, 11) is -0.316. The minimum absolute atomic E-state index is 0.0655. The van der Waals surface area contributed by atoms with Gasteiger partial charge in [-0.1, -0.05) is 71.9 Å². The second-order valence-electron chi connectivity index (χ2n) is 9.28. The highest BCUT2D eigenvalue weighted by Gasteiger charge is 2.64. The van der Waals surface area contributed by atoms with Crippen LogP contribution in [0.5, 0.6) is 0 Å². The number of hydrogen-bond acceptors (Lipinski definition) is 3. The predicted molar refractivity (Wildman–Crippen MR) is 106 cm³/mol. The number of benzene rings is 1. The lowest BCUT2D eigenvalue weighted by Crippen LogP contribution is -2.55. The third kappa shape index (κ3) is 4.36. The van der Waals surface area contributed by atoms with Crippen molar-refractivity contribution in [3.63, 3.8) is 0 Å².